The van der Waals surface area contributed by atoms with Gasteiger partial charge < -0.3 is 28.3 Å². The highest BCUT2D eigenvalue weighted by Crippen LogP contribution is 2.45. The van der Waals surface area contributed by atoms with Gasteiger partial charge in [-0.2, -0.15) is 0 Å². The molecular weight excluding hydrogens is 609 g/mol. The third-order valence-corrected chi connectivity index (χ3v) is 13.6. The Bertz CT molecular complexity index is 1560. The van der Waals surface area contributed by atoms with Crippen molar-refractivity contribution >= 4 is 14.1 Å². The smallest absolute Gasteiger partial charge is 0.193 e. The van der Waals surface area contributed by atoms with E-state index >= 15 is 0 Å². The molecule has 0 saturated carbocycles. The van der Waals surface area contributed by atoms with E-state index in [0.29, 0.717) is 37.9 Å². The molecule has 1 aliphatic heterocycles. The first kappa shape index (κ1) is 34.9. The van der Waals surface area contributed by atoms with E-state index in [1.54, 1.807) is 0 Å². The van der Waals surface area contributed by atoms with Gasteiger partial charge in [-0.05, 0) is 34.8 Å². The Labute approximate surface area is 279 Å². The Morgan fingerprint density at radius 2 is 1.32 bits per heavy atom. The van der Waals surface area contributed by atoms with E-state index < -0.39 is 33.2 Å². The maximum Gasteiger partial charge on any atom is 0.193 e. The Hall–Kier alpha value is -3.44. The summed E-state index contributed by atoms with van der Waals surface area (Å²) >= 11 is 0. The third kappa shape index (κ3) is 8.93. The number of rotatable bonds is 15. The number of nitrogens with zero attached hydrogens (tertiary/aromatic N) is 2. The molecule has 2 heterocycles. The SMILES string of the molecule is CC(C)(C)[Si](C)(C)O[C@H]1c2nc(CC(=O)CO)cn2[C@H](COCc2ccccc2)[C@H](OCc2ccccc2)[C@@H]1OCc1ccccc1. The first-order valence-corrected chi connectivity index (χ1v) is 19.3. The maximum absolute atomic E-state index is 12.4. The molecule has 1 aromatic heterocycles. The molecular formula is C38H48N2O6Si. The molecule has 0 spiro atoms. The van der Waals surface area contributed by atoms with Gasteiger partial charge >= 0.3 is 0 Å². The number of aliphatic hydroxyl groups excluding tert-OH is 1. The Morgan fingerprint density at radius 1 is 0.809 bits per heavy atom. The highest BCUT2D eigenvalue weighted by molar-refractivity contribution is 6.74. The fourth-order valence-electron chi connectivity index (χ4n) is 5.56. The number of aliphatic hydroxyl groups is 1. The van der Waals surface area contributed by atoms with E-state index in [9.17, 15) is 9.90 Å². The highest BCUT2D eigenvalue weighted by Gasteiger charge is 2.50. The minimum atomic E-state index is -2.38. The van der Waals surface area contributed by atoms with Gasteiger partial charge in [0, 0.05) is 6.20 Å². The van der Waals surface area contributed by atoms with Crippen LogP contribution in [0.2, 0.25) is 18.1 Å². The number of aromatic nitrogens is 2. The second-order valence-corrected chi connectivity index (χ2v) is 18.5. The number of hydrogen-bond acceptors (Lipinski definition) is 7. The van der Waals surface area contributed by atoms with Crippen LogP contribution in [-0.2, 0) is 49.7 Å². The number of fused-ring (bicyclic) bond motifs is 1. The number of hydrogen-bond donors (Lipinski definition) is 1. The van der Waals surface area contributed by atoms with Gasteiger partial charge in [-0.25, -0.2) is 4.98 Å². The molecule has 4 atom stereocenters. The molecule has 0 radical (unpaired) electrons. The third-order valence-electron chi connectivity index (χ3n) is 9.18. The topological polar surface area (TPSA) is 92.0 Å². The van der Waals surface area contributed by atoms with Crippen molar-refractivity contribution in [2.75, 3.05) is 13.2 Å². The van der Waals surface area contributed by atoms with Crippen LogP contribution in [0.15, 0.2) is 97.2 Å². The highest BCUT2D eigenvalue weighted by atomic mass is 28.4. The summed E-state index contributed by atoms with van der Waals surface area (Å²) < 4.78 is 29.4. The van der Waals surface area contributed by atoms with Crippen LogP contribution in [0.1, 0.15) is 61.1 Å². The maximum atomic E-state index is 12.4. The summed E-state index contributed by atoms with van der Waals surface area (Å²) in [6, 6.07) is 29.9. The lowest BCUT2D eigenvalue weighted by Crippen LogP contribution is -2.53. The molecule has 250 valence electrons. The second kappa shape index (κ2) is 15.6. The van der Waals surface area contributed by atoms with Crippen molar-refractivity contribution in [2.45, 2.75) is 89.5 Å². The average Bonchev–Trinajstić information content (AvgIpc) is 3.48. The predicted molar refractivity (Wildman–Crippen MR) is 184 cm³/mol. The van der Waals surface area contributed by atoms with Crippen LogP contribution in [-0.4, -0.2) is 54.2 Å². The van der Waals surface area contributed by atoms with Crippen LogP contribution in [0.5, 0.6) is 0 Å². The predicted octanol–water partition coefficient (Wildman–Crippen LogP) is 6.99. The number of ether oxygens (including phenoxy) is 3. The van der Waals surface area contributed by atoms with Crippen LogP contribution in [0.4, 0.5) is 0 Å². The molecule has 0 bridgehead atoms. The lowest BCUT2D eigenvalue weighted by molar-refractivity contribution is -0.169. The Kier molecular flexibility index (Phi) is 11.6. The fourth-order valence-corrected chi connectivity index (χ4v) is 6.79. The number of benzene rings is 3. The van der Waals surface area contributed by atoms with Crippen molar-refractivity contribution in [2.24, 2.45) is 0 Å². The minimum Gasteiger partial charge on any atom is -0.404 e. The van der Waals surface area contributed by atoms with E-state index in [1.807, 2.05) is 85.1 Å². The number of Topliss-reactive ketones (excluding diaryl/α,β-unsaturated/α-hetero) is 1. The van der Waals surface area contributed by atoms with Gasteiger partial charge in [-0.3, -0.25) is 4.79 Å². The molecule has 5 rings (SSSR count). The summed E-state index contributed by atoms with van der Waals surface area (Å²) in [6.07, 6.45) is 0.339. The van der Waals surface area contributed by atoms with Crippen molar-refractivity contribution in [1.29, 1.82) is 0 Å². The lowest BCUT2D eigenvalue weighted by atomic mass is 9.95. The first-order chi connectivity index (χ1) is 22.6. The number of carbonyl (C=O) groups excluding carboxylic acids is 1. The number of imidazole rings is 1. The van der Waals surface area contributed by atoms with Gasteiger partial charge in [0.25, 0.3) is 0 Å². The normalized spacial score (nSPS) is 19.8. The molecule has 0 saturated heterocycles. The van der Waals surface area contributed by atoms with Crippen LogP contribution in [0, 0.1) is 0 Å². The van der Waals surface area contributed by atoms with Crippen LogP contribution in [0.25, 0.3) is 0 Å². The van der Waals surface area contributed by atoms with Crippen molar-refractivity contribution < 1.29 is 28.5 Å². The summed E-state index contributed by atoms with van der Waals surface area (Å²) in [7, 11) is -2.38. The average molecular weight is 657 g/mol. The van der Waals surface area contributed by atoms with Crippen LogP contribution < -0.4 is 0 Å². The van der Waals surface area contributed by atoms with Gasteiger partial charge in [0.05, 0.1) is 44.6 Å². The number of ketones is 1. The number of carbonyl (C=O) groups is 1. The van der Waals surface area contributed by atoms with E-state index in [1.165, 1.54) is 0 Å². The molecule has 0 aliphatic carbocycles. The Balaban J connectivity index is 1.58. The van der Waals surface area contributed by atoms with Crippen LogP contribution >= 0.6 is 0 Å². The zero-order valence-corrected chi connectivity index (χ0v) is 29.2. The summed E-state index contributed by atoms with van der Waals surface area (Å²) in [5.74, 6) is 0.384. The zero-order valence-electron chi connectivity index (χ0n) is 28.2. The molecule has 0 fully saturated rings. The summed E-state index contributed by atoms with van der Waals surface area (Å²) in [6.45, 7) is 12.0. The van der Waals surface area contributed by atoms with Crippen molar-refractivity contribution in [3.05, 3.63) is 125 Å². The standard InChI is InChI=1S/C38H48N2O6Si/c1-38(2,3)47(4,5)46-36-35(45-26-30-19-13-8-14-20-30)34(44-25-29-17-11-7-12-18-29)33(27-43-24-28-15-9-6-10-16-28)40-22-31(39-37(36)40)21-32(42)23-41/h6-20,22,33-36,41H,21,23-27H2,1-5H3/t33-,34+,35+,36-/m1/s1. The van der Waals surface area contributed by atoms with E-state index in [4.69, 9.17) is 23.6 Å². The summed E-state index contributed by atoms with van der Waals surface area (Å²) in [4.78, 5) is 17.4. The van der Waals surface area contributed by atoms with Gasteiger partial charge in [0.15, 0.2) is 14.1 Å². The molecule has 8 nitrogen and oxygen atoms in total. The van der Waals surface area contributed by atoms with Gasteiger partial charge in [-0.15, -0.1) is 0 Å². The van der Waals surface area contributed by atoms with Gasteiger partial charge in [0.2, 0.25) is 0 Å². The molecule has 4 aromatic rings. The summed E-state index contributed by atoms with van der Waals surface area (Å²) in [5, 5.41) is 9.46. The first-order valence-electron chi connectivity index (χ1n) is 16.4. The van der Waals surface area contributed by atoms with E-state index in [2.05, 4.69) is 50.6 Å². The molecule has 0 amide bonds. The molecule has 1 aliphatic rings. The van der Waals surface area contributed by atoms with Crippen molar-refractivity contribution in [3.8, 4) is 0 Å². The zero-order chi connectivity index (χ0) is 33.4. The van der Waals surface area contributed by atoms with E-state index in [-0.39, 0.29) is 23.3 Å². The van der Waals surface area contributed by atoms with Crippen molar-refractivity contribution in [1.82, 2.24) is 9.55 Å². The molecule has 3 aromatic carbocycles. The van der Waals surface area contributed by atoms with Crippen molar-refractivity contribution in [3.63, 3.8) is 0 Å². The van der Waals surface area contributed by atoms with Crippen LogP contribution in [0.3, 0.4) is 0 Å². The Morgan fingerprint density at radius 3 is 1.83 bits per heavy atom. The molecule has 9 heteroatoms. The summed E-state index contributed by atoms with van der Waals surface area (Å²) in [5.41, 5.74) is 3.73. The minimum absolute atomic E-state index is 0.0198. The second-order valence-electron chi connectivity index (χ2n) is 13.8. The molecule has 1 N–H and O–H groups in total. The quantitative estimate of drug-likeness (QED) is 0.138. The lowest BCUT2D eigenvalue weighted by Gasteiger charge is -2.47. The largest absolute Gasteiger partial charge is 0.404 e. The monoisotopic (exact) mass is 656 g/mol. The fraction of sp³-hybridized carbons (Fsp3) is 0.421. The molecule has 0 unspecified atom stereocenters. The van der Waals surface area contributed by atoms with E-state index in [0.717, 1.165) is 16.7 Å². The molecule has 47 heavy (non-hydrogen) atoms. The van der Waals surface area contributed by atoms with Gasteiger partial charge in [0.1, 0.15) is 30.7 Å². The van der Waals surface area contributed by atoms with Gasteiger partial charge in [-0.1, -0.05) is 112 Å².